The van der Waals surface area contributed by atoms with E-state index in [9.17, 15) is 0 Å². The Bertz CT molecular complexity index is 514. The van der Waals surface area contributed by atoms with Gasteiger partial charge in [-0.05, 0) is 37.1 Å². The largest absolute Gasteiger partial charge is 0.484 e. The predicted octanol–water partition coefficient (Wildman–Crippen LogP) is 3.23. The summed E-state index contributed by atoms with van der Waals surface area (Å²) >= 11 is 6.07. The number of aromatic nitrogens is 2. The fourth-order valence-electron chi connectivity index (χ4n) is 1.53. The Morgan fingerprint density at radius 2 is 1.82 bits per heavy atom. The molecule has 90 valence electrons. The highest BCUT2D eigenvalue weighted by Gasteiger charge is 2.06. The van der Waals surface area contributed by atoms with E-state index in [1.54, 1.807) is 6.92 Å². The van der Waals surface area contributed by atoms with E-state index in [4.69, 9.17) is 20.8 Å². The second-order valence-electron chi connectivity index (χ2n) is 3.87. The summed E-state index contributed by atoms with van der Waals surface area (Å²) in [5, 5.41) is 8.36. The van der Waals surface area contributed by atoms with Crippen LogP contribution in [0.5, 0.6) is 5.75 Å². The van der Waals surface area contributed by atoms with Crippen LogP contribution in [-0.2, 0) is 6.61 Å². The summed E-state index contributed by atoms with van der Waals surface area (Å²) < 4.78 is 10.8. The summed E-state index contributed by atoms with van der Waals surface area (Å²) in [6, 6.07) is 3.77. The van der Waals surface area contributed by atoms with E-state index in [-0.39, 0.29) is 6.61 Å². The van der Waals surface area contributed by atoms with E-state index in [1.165, 1.54) is 0 Å². The van der Waals surface area contributed by atoms with Crippen molar-refractivity contribution in [2.75, 3.05) is 0 Å². The number of hydrogen-bond donors (Lipinski definition) is 0. The predicted molar refractivity (Wildman–Crippen MR) is 64.3 cm³/mol. The molecule has 1 aromatic carbocycles. The van der Waals surface area contributed by atoms with Crippen LogP contribution in [0.25, 0.3) is 0 Å². The molecule has 1 heterocycles. The third kappa shape index (κ3) is 2.77. The highest BCUT2D eigenvalue weighted by Crippen LogP contribution is 2.26. The molecule has 1 aromatic heterocycles. The van der Waals surface area contributed by atoms with Crippen LogP contribution >= 0.6 is 11.6 Å². The van der Waals surface area contributed by atoms with E-state index >= 15 is 0 Å². The molecule has 0 N–H and O–H groups in total. The minimum absolute atomic E-state index is 0.265. The van der Waals surface area contributed by atoms with Crippen LogP contribution in [0.4, 0.5) is 0 Å². The molecule has 0 radical (unpaired) electrons. The van der Waals surface area contributed by atoms with Crippen molar-refractivity contribution in [1.82, 2.24) is 10.2 Å². The Morgan fingerprint density at radius 1 is 1.18 bits per heavy atom. The van der Waals surface area contributed by atoms with Gasteiger partial charge in [0.25, 0.3) is 5.89 Å². The second-order valence-corrected chi connectivity index (χ2v) is 4.25. The van der Waals surface area contributed by atoms with Crippen molar-refractivity contribution >= 4 is 11.6 Å². The van der Waals surface area contributed by atoms with Gasteiger partial charge in [-0.1, -0.05) is 11.6 Å². The lowest BCUT2D eigenvalue weighted by molar-refractivity contribution is 0.260. The highest BCUT2D eigenvalue weighted by atomic mass is 35.5. The van der Waals surface area contributed by atoms with Crippen LogP contribution in [0.15, 0.2) is 16.5 Å². The van der Waals surface area contributed by atoms with E-state index < -0.39 is 0 Å². The van der Waals surface area contributed by atoms with Gasteiger partial charge in [-0.25, -0.2) is 0 Å². The summed E-state index contributed by atoms with van der Waals surface area (Å²) in [4.78, 5) is 0. The zero-order valence-corrected chi connectivity index (χ0v) is 10.7. The molecule has 0 spiro atoms. The molecule has 0 bridgehead atoms. The zero-order chi connectivity index (χ0) is 12.4. The average molecular weight is 253 g/mol. The number of rotatable bonds is 3. The maximum Gasteiger partial charge on any atom is 0.253 e. The van der Waals surface area contributed by atoms with E-state index in [0.717, 1.165) is 21.9 Å². The molecule has 2 rings (SSSR count). The Kier molecular flexibility index (Phi) is 3.33. The Morgan fingerprint density at radius 3 is 2.35 bits per heavy atom. The smallest absolute Gasteiger partial charge is 0.253 e. The molecular formula is C12H13ClN2O2. The van der Waals surface area contributed by atoms with Gasteiger partial charge < -0.3 is 9.15 Å². The summed E-state index contributed by atoms with van der Waals surface area (Å²) in [7, 11) is 0. The van der Waals surface area contributed by atoms with Gasteiger partial charge >= 0.3 is 0 Å². The number of aryl methyl sites for hydroxylation is 3. The first-order valence-electron chi connectivity index (χ1n) is 5.25. The molecule has 5 heteroatoms. The van der Waals surface area contributed by atoms with Crippen LogP contribution in [0.1, 0.15) is 22.9 Å². The van der Waals surface area contributed by atoms with Crippen molar-refractivity contribution in [3.05, 3.63) is 40.1 Å². The molecule has 4 nitrogen and oxygen atoms in total. The molecule has 0 amide bonds. The first kappa shape index (κ1) is 11.9. The van der Waals surface area contributed by atoms with Crippen LogP contribution in [-0.4, -0.2) is 10.2 Å². The summed E-state index contributed by atoms with van der Waals surface area (Å²) in [6.45, 7) is 5.90. The summed E-state index contributed by atoms with van der Waals surface area (Å²) in [5.74, 6) is 1.75. The van der Waals surface area contributed by atoms with E-state index in [2.05, 4.69) is 10.2 Å². The third-order valence-corrected chi connectivity index (χ3v) is 2.94. The lowest BCUT2D eigenvalue weighted by Gasteiger charge is -2.08. The molecule has 0 aliphatic rings. The molecule has 0 saturated heterocycles. The molecule has 0 atom stereocenters. The van der Waals surface area contributed by atoms with Crippen molar-refractivity contribution < 1.29 is 9.15 Å². The normalized spacial score (nSPS) is 10.6. The van der Waals surface area contributed by atoms with Crippen molar-refractivity contribution in [2.45, 2.75) is 27.4 Å². The summed E-state index contributed by atoms with van der Waals surface area (Å²) in [6.07, 6.45) is 0. The Labute approximate surface area is 105 Å². The van der Waals surface area contributed by atoms with Crippen molar-refractivity contribution in [3.8, 4) is 5.75 Å². The van der Waals surface area contributed by atoms with Crippen LogP contribution in [0.3, 0.4) is 0 Å². The van der Waals surface area contributed by atoms with Gasteiger partial charge in [-0.3, -0.25) is 0 Å². The monoisotopic (exact) mass is 252 g/mol. The van der Waals surface area contributed by atoms with E-state index in [0.29, 0.717) is 11.8 Å². The molecule has 2 aromatic rings. The van der Waals surface area contributed by atoms with Gasteiger partial charge in [0, 0.05) is 11.9 Å². The maximum absolute atomic E-state index is 6.07. The van der Waals surface area contributed by atoms with Crippen molar-refractivity contribution in [2.24, 2.45) is 0 Å². The first-order chi connectivity index (χ1) is 8.06. The van der Waals surface area contributed by atoms with Crippen LogP contribution < -0.4 is 4.74 Å². The molecule has 0 aliphatic carbocycles. The molecule has 0 unspecified atom stereocenters. The van der Waals surface area contributed by atoms with Crippen molar-refractivity contribution in [3.63, 3.8) is 0 Å². The lowest BCUT2D eigenvalue weighted by Crippen LogP contribution is -1.97. The van der Waals surface area contributed by atoms with Crippen LogP contribution in [0.2, 0.25) is 5.02 Å². The fraction of sp³-hybridized carbons (Fsp3) is 0.333. The highest BCUT2D eigenvalue weighted by molar-refractivity contribution is 6.32. The standard InChI is InChI=1S/C12H13ClN2O2/c1-7-4-10(5-8(2)12(7)13)16-6-11-15-14-9(3)17-11/h4-5H,6H2,1-3H3. The fourth-order valence-corrected chi connectivity index (χ4v) is 1.64. The third-order valence-electron chi connectivity index (χ3n) is 2.34. The average Bonchev–Trinajstić information content (AvgIpc) is 2.69. The molecular weight excluding hydrogens is 240 g/mol. The number of nitrogens with zero attached hydrogens (tertiary/aromatic N) is 2. The first-order valence-corrected chi connectivity index (χ1v) is 5.62. The number of ether oxygens (including phenoxy) is 1. The minimum Gasteiger partial charge on any atom is -0.484 e. The molecule has 0 aliphatic heterocycles. The number of halogens is 1. The number of benzene rings is 1. The minimum atomic E-state index is 0.265. The topological polar surface area (TPSA) is 48.2 Å². The van der Waals surface area contributed by atoms with Gasteiger partial charge in [0.1, 0.15) is 5.75 Å². The van der Waals surface area contributed by atoms with Crippen LogP contribution in [0, 0.1) is 20.8 Å². The lowest BCUT2D eigenvalue weighted by atomic mass is 10.1. The number of hydrogen-bond acceptors (Lipinski definition) is 4. The maximum atomic E-state index is 6.07. The van der Waals surface area contributed by atoms with Gasteiger partial charge in [0.15, 0.2) is 6.61 Å². The molecule has 17 heavy (non-hydrogen) atoms. The Hall–Kier alpha value is -1.55. The van der Waals surface area contributed by atoms with E-state index in [1.807, 2.05) is 26.0 Å². The SMILES string of the molecule is Cc1nnc(COc2cc(C)c(Cl)c(C)c2)o1. The van der Waals surface area contributed by atoms with Gasteiger partial charge in [-0.15, -0.1) is 10.2 Å². The second kappa shape index (κ2) is 4.75. The summed E-state index contributed by atoms with van der Waals surface area (Å²) in [5.41, 5.74) is 1.98. The molecule has 0 fully saturated rings. The van der Waals surface area contributed by atoms with Gasteiger partial charge in [0.05, 0.1) is 0 Å². The van der Waals surface area contributed by atoms with Gasteiger partial charge in [-0.2, -0.15) is 0 Å². The Balaban J connectivity index is 2.09. The molecule has 0 saturated carbocycles. The van der Waals surface area contributed by atoms with Gasteiger partial charge in [0.2, 0.25) is 5.89 Å². The quantitative estimate of drug-likeness (QED) is 0.842. The van der Waals surface area contributed by atoms with Crippen molar-refractivity contribution in [1.29, 1.82) is 0 Å². The zero-order valence-electron chi connectivity index (χ0n) is 9.95.